The molecule has 70 valence electrons. The summed E-state index contributed by atoms with van der Waals surface area (Å²) in [5.74, 6) is 0.0670. The Morgan fingerprint density at radius 1 is 0.917 bits per heavy atom. The van der Waals surface area contributed by atoms with Crippen molar-refractivity contribution in [2.45, 2.75) is 24.7 Å². The lowest BCUT2D eigenvalue weighted by Crippen LogP contribution is -2.49. The third kappa shape index (κ3) is 0.992. The van der Waals surface area contributed by atoms with Crippen LogP contribution in [0.3, 0.4) is 0 Å². The van der Waals surface area contributed by atoms with Gasteiger partial charge in [0.1, 0.15) is 6.10 Å². The van der Waals surface area contributed by atoms with Crippen molar-refractivity contribution in [2.24, 2.45) is 17.8 Å². The molecule has 0 saturated heterocycles. The first kappa shape index (κ1) is 8.44. The Hall–Kier alpha value is -0.160. The van der Waals surface area contributed by atoms with E-state index in [-0.39, 0.29) is 24.4 Å². The minimum absolute atomic E-state index is 0.0977. The smallest absolute Gasteiger partial charge is 0.106 e. The van der Waals surface area contributed by atoms with E-state index in [0.29, 0.717) is 0 Å². The van der Waals surface area contributed by atoms with Crippen LogP contribution >= 0.6 is 0 Å². The fourth-order valence-corrected chi connectivity index (χ4v) is 2.33. The van der Waals surface area contributed by atoms with E-state index < -0.39 is 18.3 Å². The molecule has 2 aliphatic carbocycles. The van der Waals surface area contributed by atoms with Gasteiger partial charge in [-0.05, 0) is 18.3 Å². The molecule has 4 N–H and O–H groups in total. The quantitative estimate of drug-likeness (QED) is 0.383. The first-order valence-corrected chi connectivity index (χ1v) is 4.32. The zero-order valence-electron chi connectivity index (χ0n) is 6.67. The van der Waals surface area contributed by atoms with Gasteiger partial charge in [-0.25, -0.2) is 0 Å². The van der Waals surface area contributed by atoms with Crippen molar-refractivity contribution >= 4 is 0 Å². The van der Waals surface area contributed by atoms with Gasteiger partial charge in [0.2, 0.25) is 0 Å². The first-order valence-electron chi connectivity index (χ1n) is 4.32. The molecule has 2 fully saturated rings. The van der Waals surface area contributed by atoms with Gasteiger partial charge >= 0.3 is 0 Å². The van der Waals surface area contributed by atoms with Gasteiger partial charge in [-0.1, -0.05) is 0 Å². The molecule has 0 heterocycles. The molecule has 2 aliphatic rings. The summed E-state index contributed by atoms with van der Waals surface area (Å²) in [5.41, 5.74) is 0. The van der Waals surface area contributed by atoms with Gasteiger partial charge in [0.05, 0.1) is 12.2 Å². The Morgan fingerprint density at radius 2 is 1.58 bits per heavy atom. The molecule has 0 unspecified atom stereocenters. The van der Waals surface area contributed by atoms with Crippen molar-refractivity contribution < 1.29 is 20.4 Å². The van der Waals surface area contributed by atoms with Crippen LogP contribution in [0.25, 0.3) is 0 Å². The van der Waals surface area contributed by atoms with Gasteiger partial charge in [0.15, 0.2) is 0 Å². The second kappa shape index (κ2) is 2.67. The lowest BCUT2D eigenvalue weighted by atomic mass is 9.83. The molecule has 0 aromatic carbocycles. The molecule has 0 radical (unpaired) electrons. The van der Waals surface area contributed by atoms with Crippen LogP contribution in [0, 0.1) is 17.8 Å². The van der Waals surface area contributed by atoms with Crippen LogP contribution in [0.2, 0.25) is 0 Å². The highest BCUT2D eigenvalue weighted by Gasteiger charge is 2.57. The van der Waals surface area contributed by atoms with Crippen LogP contribution in [0.15, 0.2) is 0 Å². The second-order valence-corrected chi connectivity index (χ2v) is 3.88. The largest absolute Gasteiger partial charge is 0.396 e. The van der Waals surface area contributed by atoms with Gasteiger partial charge in [-0.2, -0.15) is 0 Å². The Balaban J connectivity index is 2.11. The third-order valence-corrected chi connectivity index (χ3v) is 3.23. The summed E-state index contributed by atoms with van der Waals surface area (Å²) in [6.45, 7) is -0.105. The molecule has 4 nitrogen and oxygen atoms in total. The van der Waals surface area contributed by atoms with Crippen molar-refractivity contribution in [3.63, 3.8) is 0 Å². The average Bonchev–Trinajstić information content (AvgIpc) is 2.81. The highest BCUT2D eigenvalue weighted by molar-refractivity contribution is 5.06. The summed E-state index contributed by atoms with van der Waals surface area (Å²) in [6, 6.07) is 0. The molecular weight excluding hydrogens is 160 g/mol. The lowest BCUT2D eigenvalue weighted by molar-refractivity contribution is -0.123. The van der Waals surface area contributed by atoms with E-state index in [1.807, 2.05) is 0 Å². The molecule has 0 aliphatic heterocycles. The zero-order valence-corrected chi connectivity index (χ0v) is 6.67. The SMILES string of the molecule is OC[C@@H]1[C@@H](O)[C@H](O)[C@@H](O)[C@@H]2C[C@H]12. The second-order valence-electron chi connectivity index (χ2n) is 3.88. The van der Waals surface area contributed by atoms with Crippen LogP contribution < -0.4 is 0 Å². The molecule has 2 saturated carbocycles. The molecule has 4 heteroatoms. The number of hydrogen-bond donors (Lipinski definition) is 4. The maximum atomic E-state index is 9.43. The molecule has 0 spiro atoms. The van der Waals surface area contributed by atoms with Gasteiger partial charge in [-0.15, -0.1) is 0 Å². The van der Waals surface area contributed by atoms with Crippen LogP contribution in [-0.4, -0.2) is 45.3 Å². The van der Waals surface area contributed by atoms with Crippen molar-refractivity contribution in [3.05, 3.63) is 0 Å². The Morgan fingerprint density at radius 3 is 2.17 bits per heavy atom. The summed E-state index contributed by atoms with van der Waals surface area (Å²) in [6.07, 6.45) is -2.02. The van der Waals surface area contributed by atoms with E-state index in [4.69, 9.17) is 5.11 Å². The van der Waals surface area contributed by atoms with Crippen LogP contribution in [-0.2, 0) is 0 Å². The Kier molecular flexibility index (Phi) is 1.88. The minimum atomic E-state index is -1.08. The molecule has 0 bridgehead atoms. The van der Waals surface area contributed by atoms with Crippen molar-refractivity contribution in [1.82, 2.24) is 0 Å². The number of rotatable bonds is 1. The highest BCUT2D eigenvalue weighted by atomic mass is 16.4. The number of aliphatic hydroxyl groups excluding tert-OH is 4. The van der Waals surface area contributed by atoms with Gasteiger partial charge in [0, 0.05) is 12.5 Å². The maximum absolute atomic E-state index is 9.43. The normalized spacial score (nSPS) is 58.0. The molecular formula is C8H14O4. The lowest BCUT2D eigenvalue weighted by Gasteiger charge is -2.33. The predicted molar refractivity (Wildman–Crippen MR) is 40.2 cm³/mol. The van der Waals surface area contributed by atoms with Gasteiger partial charge in [-0.3, -0.25) is 0 Å². The average molecular weight is 174 g/mol. The summed E-state index contributed by atoms with van der Waals surface area (Å²) in [7, 11) is 0. The van der Waals surface area contributed by atoms with Gasteiger partial charge in [0.25, 0.3) is 0 Å². The van der Waals surface area contributed by atoms with E-state index in [2.05, 4.69) is 0 Å². The van der Waals surface area contributed by atoms with Crippen LogP contribution in [0.1, 0.15) is 6.42 Å². The Labute approximate surface area is 70.5 Å². The predicted octanol–water partition coefficient (Wildman–Crippen LogP) is -1.67. The molecule has 0 amide bonds. The number of hydrogen-bond acceptors (Lipinski definition) is 4. The van der Waals surface area contributed by atoms with Crippen molar-refractivity contribution in [2.75, 3.05) is 6.61 Å². The summed E-state index contributed by atoms with van der Waals surface area (Å²) in [4.78, 5) is 0. The number of fused-ring (bicyclic) bond motifs is 1. The minimum Gasteiger partial charge on any atom is -0.396 e. The van der Waals surface area contributed by atoms with Crippen molar-refractivity contribution in [3.8, 4) is 0 Å². The standard InChI is InChI=1S/C8H14O4/c9-2-5-3-1-4(3)6(10)8(12)7(5)11/h3-12H,1-2H2/t3-,4+,5-,6-,7+,8+/m0/s1. The van der Waals surface area contributed by atoms with E-state index in [9.17, 15) is 15.3 Å². The molecule has 2 rings (SSSR count). The molecule has 12 heavy (non-hydrogen) atoms. The summed E-state index contributed by atoms with van der Waals surface area (Å²) < 4.78 is 0. The topological polar surface area (TPSA) is 80.9 Å². The van der Waals surface area contributed by atoms with Crippen molar-refractivity contribution in [1.29, 1.82) is 0 Å². The number of aliphatic hydroxyl groups is 4. The van der Waals surface area contributed by atoms with E-state index in [0.717, 1.165) is 6.42 Å². The fraction of sp³-hybridized carbons (Fsp3) is 1.00. The monoisotopic (exact) mass is 174 g/mol. The highest BCUT2D eigenvalue weighted by Crippen LogP contribution is 2.52. The molecule has 0 aromatic heterocycles. The molecule has 6 atom stereocenters. The van der Waals surface area contributed by atoms with Gasteiger partial charge < -0.3 is 20.4 Å². The van der Waals surface area contributed by atoms with E-state index in [1.165, 1.54) is 0 Å². The Bertz CT molecular complexity index is 184. The molecule has 0 aromatic rings. The van der Waals surface area contributed by atoms with E-state index in [1.54, 1.807) is 0 Å². The van der Waals surface area contributed by atoms with Crippen LogP contribution in [0.4, 0.5) is 0 Å². The maximum Gasteiger partial charge on any atom is 0.106 e. The zero-order chi connectivity index (χ0) is 8.88. The fourth-order valence-electron chi connectivity index (χ4n) is 2.33. The first-order chi connectivity index (χ1) is 5.66. The third-order valence-electron chi connectivity index (χ3n) is 3.23. The summed E-state index contributed by atoms with van der Waals surface area (Å²) >= 11 is 0. The van der Waals surface area contributed by atoms with Crippen LogP contribution in [0.5, 0.6) is 0 Å². The summed E-state index contributed by atoms with van der Waals surface area (Å²) in [5, 5.41) is 37.1. The van der Waals surface area contributed by atoms with E-state index >= 15 is 0 Å².